The van der Waals surface area contributed by atoms with Crippen molar-refractivity contribution in [2.24, 2.45) is 0 Å². The normalized spacial score (nSPS) is 10.4. The lowest BCUT2D eigenvalue weighted by molar-refractivity contribution is 0.790. The average Bonchev–Trinajstić information content (AvgIpc) is 2.34. The van der Waals surface area contributed by atoms with Crippen molar-refractivity contribution in [3.8, 4) is 0 Å². The third-order valence-corrected chi connectivity index (χ3v) is 3.11. The lowest BCUT2D eigenvalue weighted by atomic mass is 10.00. The van der Waals surface area contributed by atoms with Crippen LogP contribution in [0.25, 0.3) is 0 Å². The Morgan fingerprint density at radius 3 is 2.11 bits per heavy atom. The van der Waals surface area contributed by atoms with E-state index < -0.39 is 0 Å². The predicted molar refractivity (Wildman–Crippen MR) is 77.6 cm³/mol. The van der Waals surface area contributed by atoms with Gasteiger partial charge in [0, 0.05) is 12.2 Å². The van der Waals surface area contributed by atoms with Crippen LogP contribution in [-0.4, -0.2) is 0 Å². The zero-order valence-electron chi connectivity index (χ0n) is 11.2. The Hall–Kier alpha value is -1.80. The molecule has 0 radical (unpaired) electrons. The zero-order valence-corrected chi connectivity index (χ0v) is 11.2. The van der Waals surface area contributed by atoms with E-state index in [0.717, 1.165) is 12.2 Å². The molecule has 2 aromatic carbocycles. The summed E-state index contributed by atoms with van der Waals surface area (Å²) in [7, 11) is 0. The van der Waals surface area contributed by atoms with Gasteiger partial charge >= 0.3 is 0 Å². The van der Waals surface area contributed by atoms with Gasteiger partial charge in [-0.15, -0.1) is 0 Å². The molecule has 0 spiro atoms. The molecule has 0 aliphatic rings. The number of hydrazine groups is 1. The SMILES string of the molecule is Cc1cc(C)c(CNNc2ccccc2)c(C)c1. The van der Waals surface area contributed by atoms with Gasteiger partial charge in [0.25, 0.3) is 0 Å². The van der Waals surface area contributed by atoms with Crippen LogP contribution < -0.4 is 10.9 Å². The molecular weight excluding hydrogens is 220 g/mol. The van der Waals surface area contributed by atoms with E-state index in [4.69, 9.17) is 0 Å². The van der Waals surface area contributed by atoms with Gasteiger partial charge in [0.2, 0.25) is 0 Å². The second-order valence-corrected chi connectivity index (χ2v) is 4.72. The number of anilines is 1. The highest BCUT2D eigenvalue weighted by Crippen LogP contribution is 2.16. The maximum absolute atomic E-state index is 3.27. The molecule has 0 unspecified atom stereocenters. The quantitative estimate of drug-likeness (QED) is 0.796. The molecule has 0 aliphatic carbocycles. The van der Waals surface area contributed by atoms with Crippen molar-refractivity contribution in [3.63, 3.8) is 0 Å². The lowest BCUT2D eigenvalue weighted by Crippen LogP contribution is -2.21. The maximum atomic E-state index is 3.27. The highest BCUT2D eigenvalue weighted by atomic mass is 15.3. The third-order valence-electron chi connectivity index (χ3n) is 3.11. The van der Waals surface area contributed by atoms with Gasteiger partial charge < -0.3 is 5.43 Å². The van der Waals surface area contributed by atoms with Gasteiger partial charge in [0.15, 0.2) is 0 Å². The standard InChI is InChI=1S/C16H20N2/c1-12-9-13(2)16(14(3)10-12)11-17-18-15-7-5-4-6-8-15/h4-10,17-18H,11H2,1-3H3. The van der Waals surface area contributed by atoms with E-state index in [2.05, 4.69) is 43.8 Å². The molecule has 0 bridgehead atoms. The van der Waals surface area contributed by atoms with Crippen molar-refractivity contribution in [2.75, 3.05) is 5.43 Å². The molecule has 2 heteroatoms. The Morgan fingerprint density at radius 1 is 0.889 bits per heavy atom. The molecule has 0 aromatic heterocycles. The summed E-state index contributed by atoms with van der Waals surface area (Å²) in [5.74, 6) is 0. The Labute approximate surface area is 109 Å². The van der Waals surface area contributed by atoms with Gasteiger partial charge in [0.05, 0.1) is 0 Å². The topological polar surface area (TPSA) is 24.1 Å². The van der Waals surface area contributed by atoms with Crippen LogP contribution in [0.4, 0.5) is 5.69 Å². The minimum atomic E-state index is 0.826. The van der Waals surface area contributed by atoms with Crippen molar-refractivity contribution < 1.29 is 0 Å². The highest BCUT2D eigenvalue weighted by molar-refractivity contribution is 5.42. The molecule has 2 N–H and O–H groups in total. The van der Waals surface area contributed by atoms with Crippen molar-refractivity contribution in [1.29, 1.82) is 0 Å². The molecule has 0 aliphatic heterocycles. The van der Waals surface area contributed by atoms with Crippen molar-refractivity contribution in [1.82, 2.24) is 5.43 Å². The number of hydrogen-bond donors (Lipinski definition) is 2. The van der Waals surface area contributed by atoms with Gasteiger partial charge in [-0.25, -0.2) is 5.43 Å². The number of rotatable bonds is 4. The first kappa shape index (κ1) is 12.7. The molecule has 0 saturated carbocycles. The van der Waals surface area contributed by atoms with E-state index in [0.29, 0.717) is 0 Å². The van der Waals surface area contributed by atoms with Crippen LogP contribution in [0, 0.1) is 20.8 Å². The van der Waals surface area contributed by atoms with Gasteiger partial charge in [-0.1, -0.05) is 35.9 Å². The third kappa shape index (κ3) is 3.11. The molecule has 0 heterocycles. The molecule has 94 valence electrons. The van der Waals surface area contributed by atoms with Crippen LogP contribution in [-0.2, 0) is 6.54 Å². The largest absolute Gasteiger partial charge is 0.321 e. The van der Waals surface area contributed by atoms with Crippen LogP contribution in [0.3, 0.4) is 0 Å². The number of benzene rings is 2. The molecule has 0 fully saturated rings. The molecular formula is C16H20N2. The Morgan fingerprint density at radius 2 is 1.50 bits per heavy atom. The van der Waals surface area contributed by atoms with E-state index in [1.54, 1.807) is 0 Å². The number of aryl methyl sites for hydroxylation is 3. The van der Waals surface area contributed by atoms with Crippen molar-refractivity contribution in [2.45, 2.75) is 27.3 Å². The van der Waals surface area contributed by atoms with Crippen molar-refractivity contribution in [3.05, 3.63) is 64.7 Å². The first-order valence-electron chi connectivity index (χ1n) is 6.27. The van der Waals surface area contributed by atoms with Crippen LogP contribution in [0.15, 0.2) is 42.5 Å². The second-order valence-electron chi connectivity index (χ2n) is 4.72. The van der Waals surface area contributed by atoms with Crippen LogP contribution in [0.1, 0.15) is 22.3 Å². The van der Waals surface area contributed by atoms with E-state index in [9.17, 15) is 0 Å². The first-order chi connectivity index (χ1) is 8.66. The summed E-state index contributed by atoms with van der Waals surface area (Å²) < 4.78 is 0. The molecule has 0 atom stereocenters. The lowest BCUT2D eigenvalue weighted by Gasteiger charge is -2.13. The summed E-state index contributed by atoms with van der Waals surface area (Å²) >= 11 is 0. The number of nitrogens with one attached hydrogen (secondary N) is 2. The summed E-state index contributed by atoms with van der Waals surface area (Å²) in [6, 6.07) is 14.6. The molecule has 0 amide bonds. The van der Waals surface area contributed by atoms with Gasteiger partial charge in [-0.2, -0.15) is 0 Å². The van der Waals surface area contributed by atoms with Gasteiger partial charge in [-0.05, 0) is 49.6 Å². The van der Waals surface area contributed by atoms with Crippen LogP contribution >= 0.6 is 0 Å². The van der Waals surface area contributed by atoms with Crippen molar-refractivity contribution >= 4 is 5.69 Å². The molecule has 2 rings (SSSR count). The smallest absolute Gasteiger partial charge is 0.0487 e. The van der Waals surface area contributed by atoms with Crippen LogP contribution in [0.2, 0.25) is 0 Å². The molecule has 2 nitrogen and oxygen atoms in total. The molecule has 0 saturated heterocycles. The predicted octanol–water partition coefficient (Wildman–Crippen LogP) is 3.73. The van der Waals surface area contributed by atoms with Gasteiger partial charge in [0.1, 0.15) is 0 Å². The van der Waals surface area contributed by atoms with Crippen LogP contribution in [0.5, 0.6) is 0 Å². The van der Waals surface area contributed by atoms with E-state index in [-0.39, 0.29) is 0 Å². The Kier molecular flexibility index (Phi) is 4.00. The molecule has 2 aromatic rings. The summed E-state index contributed by atoms with van der Waals surface area (Å²) in [5.41, 5.74) is 12.9. The number of hydrogen-bond acceptors (Lipinski definition) is 2. The minimum Gasteiger partial charge on any atom is -0.321 e. The maximum Gasteiger partial charge on any atom is 0.0487 e. The Bertz CT molecular complexity index is 495. The summed E-state index contributed by atoms with van der Waals surface area (Å²) in [5, 5.41) is 0. The fraction of sp³-hybridized carbons (Fsp3) is 0.250. The number of para-hydroxylation sites is 1. The highest BCUT2D eigenvalue weighted by Gasteiger charge is 2.03. The van der Waals surface area contributed by atoms with E-state index in [1.807, 2.05) is 30.3 Å². The van der Waals surface area contributed by atoms with Gasteiger partial charge in [-0.3, -0.25) is 0 Å². The summed E-state index contributed by atoms with van der Waals surface area (Å²) in [6.45, 7) is 7.30. The molecule has 18 heavy (non-hydrogen) atoms. The summed E-state index contributed by atoms with van der Waals surface area (Å²) in [4.78, 5) is 0. The summed E-state index contributed by atoms with van der Waals surface area (Å²) in [6.07, 6.45) is 0. The fourth-order valence-corrected chi connectivity index (χ4v) is 2.24. The Balaban J connectivity index is 1.99. The zero-order chi connectivity index (χ0) is 13.0. The average molecular weight is 240 g/mol. The fourth-order valence-electron chi connectivity index (χ4n) is 2.24. The monoisotopic (exact) mass is 240 g/mol. The second kappa shape index (κ2) is 5.69. The van der Waals surface area contributed by atoms with E-state index in [1.165, 1.54) is 22.3 Å². The first-order valence-corrected chi connectivity index (χ1v) is 6.27. The van der Waals surface area contributed by atoms with E-state index >= 15 is 0 Å². The minimum absolute atomic E-state index is 0.826.